The van der Waals surface area contributed by atoms with Gasteiger partial charge < -0.3 is 4.74 Å². The molecule has 0 heterocycles. The topological polar surface area (TPSA) is 9.23 Å². The van der Waals surface area contributed by atoms with Gasteiger partial charge >= 0.3 is 0 Å². The minimum Gasteiger partial charge on any atom is -0.457 e. The predicted molar refractivity (Wildman–Crippen MR) is 70.1 cm³/mol. The Labute approximate surface area is 116 Å². The highest BCUT2D eigenvalue weighted by Crippen LogP contribution is 2.29. The maximum Gasteiger partial charge on any atom is 0.133 e. The van der Waals surface area contributed by atoms with Crippen LogP contribution in [0.4, 0.5) is 8.78 Å². The van der Waals surface area contributed by atoms with Crippen LogP contribution in [0.1, 0.15) is 5.56 Å². The Morgan fingerprint density at radius 3 is 2.33 bits per heavy atom. The van der Waals surface area contributed by atoms with Crippen molar-refractivity contribution >= 4 is 27.5 Å². The molecule has 94 valence electrons. The monoisotopic (exact) mass is 332 g/mol. The molecular weight excluding hydrogens is 325 g/mol. The fraction of sp³-hybridized carbons (Fsp3) is 0.0769. The van der Waals surface area contributed by atoms with Gasteiger partial charge in [0.05, 0.1) is 5.88 Å². The summed E-state index contributed by atoms with van der Waals surface area (Å²) >= 11 is 9.10. The lowest BCUT2D eigenvalue weighted by molar-refractivity contribution is 0.464. The Kier molecular flexibility index (Phi) is 4.19. The minimum absolute atomic E-state index is 0.0983. The number of alkyl halides is 1. The van der Waals surface area contributed by atoms with Crippen LogP contribution in [0.5, 0.6) is 11.5 Å². The molecule has 0 unspecified atom stereocenters. The molecular formula is C13H8BrClF2O. The lowest BCUT2D eigenvalue weighted by Gasteiger charge is -2.10. The first kappa shape index (κ1) is 13.3. The molecule has 2 aromatic carbocycles. The van der Waals surface area contributed by atoms with Crippen molar-refractivity contribution in [1.29, 1.82) is 0 Å². The molecule has 18 heavy (non-hydrogen) atoms. The van der Waals surface area contributed by atoms with E-state index in [1.54, 1.807) is 18.2 Å². The SMILES string of the molecule is Fc1cc(F)cc(Oc2ccc(Br)cc2CCl)c1. The molecule has 5 heteroatoms. The minimum atomic E-state index is -0.686. The van der Waals surface area contributed by atoms with E-state index in [9.17, 15) is 8.78 Å². The van der Waals surface area contributed by atoms with Crippen molar-refractivity contribution in [3.63, 3.8) is 0 Å². The van der Waals surface area contributed by atoms with E-state index < -0.39 is 11.6 Å². The number of hydrogen-bond donors (Lipinski definition) is 0. The molecule has 0 saturated carbocycles. The van der Waals surface area contributed by atoms with Gasteiger partial charge in [0.2, 0.25) is 0 Å². The van der Waals surface area contributed by atoms with Gasteiger partial charge in [0.15, 0.2) is 0 Å². The Bertz CT molecular complexity index is 555. The summed E-state index contributed by atoms with van der Waals surface area (Å²) < 4.78 is 32.3. The number of benzene rings is 2. The summed E-state index contributed by atoms with van der Waals surface area (Å²) in [4.78, 5) is 0. The average molecular weight is 334 g/mol. The normalized spacial score (nSPS) is 10.4. The molecule has 0 amide bonds. The number of rotatable bonds is 3. The van der Waals surface area contributed by atoms with E-state index in [0.29, 0.717) is 5.75 Å². The summed E-state index contributed by atoms with van der Waals surface area (Å²) in [6.07, 6.45) is 0. The van der Waals surface area contributed by atoms with Crippen molar-refractivity contribution in [3.8, 4) is 11.5 Å². The van der Waals surface area contributed by atoms with E-state index in [1.165, 1.54) is 0 Å². The van der Waals surface area contributed by atoms with Gasteiger partial charge in [0, 0.05) is 28.2 Å². The first-order valence-electron chi connectivity index (χ1n) is 5.07. The molecule has 0 aliphatic heterocycles. The smallest absolute Gasteiger partial charge is 0.133 e. The maximum absolute atomic E-state index is 13.0. The molecule has 0 aliphatic rings. The third-order valence-electron chi connectivity index (χ3n) is 2.23. The van der Waals surface area contributed by atoms with Gasteiger partial charge in [-0.15, -0.1) is 11.6 Å². The van der Waals surface area contributed by atoms with Crippen molar-refractivity contribution in [3.05, 3.63) is 58.1 Å². The predicted octanol–water partition coefficient (Wildman–Crippen LogP) is 5.26. The maximum atomic E-state index is 13.0. The van der Waals surface area contributed by atoms with Crippen LogP contribution in [0.3, 0.4) is 0 Å². The molecule has 0 aliphatic carbocycles. The number of halogens is 4. The molecule has 2 aromatic rings. The van der Waals surface area contributed by atoms with Crippen molar-refractivity contribution in [1.82, 2.24) is 0 Å². The van der Waals surface area contributed by atoms with Crippen LogP contribution in [0.15, 0.2) is 40.9 Å². The summed E-state index contributed by atoms with van der Waals surface area (Å²) in [6, 6.07) is 8.26. The number of ether oxygens (including phenoxy) is 1. The van der Waals surface area contributed by atoms with E-state index in [-0.39, 0.29) is 11.6 Å². The standard InChI is InChI=1S/C13H8BrClF2O/c14-9-1-2-13(8(3-9)7-15)18-12-5-10(16)4-11(17)6-12/h1-6H,7H2. The first-order valence-corrected chi connectivity index (χ1v) is 6.39. The fourth-order valence-corrected chi connectivity index (χ4v) is 2.08. The highest BCUT2D eigenvalue weighted by Gasteiger charge is 2.07. The van der Waals surface area contributed by atoms with Gasteiger partial charge in [0.25, 0.3) is 0 Å². The summed E-state index contributed by atoms with van der Waals surface area (Å²) in [5.74, 6) is -0.560. The zero-order chi connectivity index (χ0) is 13.1. The van der Waals surface area contributed by atoms with Crippen LogP contribution in [-0.4, -0.2) is 0 Å². The average Bonchev–Trinajstić information content (AvgIpc) is 2.30. The van der Waals surface area contributed by atoms with Gasteiger partial charge in [-0.3, -0.25) is 0 Å². The second-order valence-corrected chi connectivity index (χ2v) is 4.78. The second-order valence-electron chi connectivity index (χ2n) is 3.59. The Balaban J connectivity index is 2.33. The largest absolute Gasteiger partial charge is 0.457 e. The highest BCUT2D eigenvalue weighted by atomic mass is 79.9. The molecule has 0 N–H and O–H groups in total. The lowest BCUT2D eigenvalue weighted by Crippen LogP contribution is -1.91. The molecule has 2 rings (SSSR count). The van der Waals surface area contributed by atoms with E-state index in [0.717, 1.165) is 28.2 Å². The van der Waals surface area contributed by atoms with Gasteiger partial charge in [-0.05, 0) is 18.2 Å². The summed E-state index contributed by atoms with van der Waals surface area (Å²) in [7, 11) is 0. The quantitative estimate of drug-likeness (QED) is 0.696. The van der Waals surface area contributed by atoms with Gasteiger partial charge in [0.1, 0.15) is 23.1 Å². The third-order valence-corrected chi connectivity index (χ3v) is 3.01. The molecule has 1 nitrogen and oxygen atoms in total. The van der Waals surface area contributed by atoms with Crippen LogP contribution in [-0.2, 0) is 5.88 Å². The van der Waals surface area contributed by atoms with Crippen LogP contribution in [0, 0.1) is 11.6 Å². The van der Waals surface area contributed by atoms with Gasteiger partial charge in [-0.25, -0.2) is 8.78 Å². The zero-order valence-electron chi connectivity index (χ0n) is 9.09. The molecule has 0 saturated heterocycles. The molecule has 0 bridgehead atoms. The van der Waals surface area contributed by atoms with E-state index in [2.05, 4.69) is 15.9 Å². The van der Waals surface area contributed by atoms with Gasteiger partial charge in [-0.1, -0.05) is 15.9 Å². The molecule has 0 spiro atoms. The van der Waals surface area contributed by atoms with Crippen molar-refractivity contribution in [2.45, 2.75) is 5.88 Å². The van der Waals surface area contributed by atoms with Gasteiger partial charge in [-0.2, -0.15) is 0 Å². The van der Waals surface area contributed by atoms with Crippen molar-refractivity contribution in [2.75, 3.05) is 0 Å². The van der Waals surface area contributed by atoms with Crippen molar-refractivity contribution in [2.24, 2.45) is 0 Å². The van der Waals surface area contributed by atoms with Crippen LogP contribution in [0.25, 0.3) is 0 Å². The summed E-state index contributed by atoms with van der Waals surface area (Å²) in [5, 5.41) is 0. The molecule has 0 aromatic heterocycles. The second kappa shape index (κ2) is 5.67. The first-order chi connectivity index (χ1) is 8.58. The van der Waals surface area contributed by atoms with E-state index in [4.69, 9.17) is 16.3 Å². The Morgan fingerprint density at radius 1 is 1.06 bits per heavy atom. The van der Waals surface area contributed by atoms with E-state index in [1.807, 2.05) is 0 Å². The summed E-state index contributed by atoms with van der Waals surface area (Å²) in [5.41, 5.74) is 0.732. The lowest BCUT2D eigenvalue weighted by atomic mass is 10.2. The Hall–Kier alpha value is -1.13. The fourth-order valence-electron chi connectivity index (χ4n) is 1.47. The molecule has 0 radical (unpaired) electrons. The highest BCUT2D eigenvalue weighted by molar-refractivity contribution is 9.10. The summed E-state index contributed by atoms with van der Waals surface area (Å²) in [6.45, 7) is 0. The van der Waals surface area contributed by atoms with Crippen LogP contribution < -0.4 is 4.74 Å². The molecule has 0 fully saturated rings. The van der Waals surface area contributed by atoms with Crippen molar-refractivity contribution < 1.29 is 13.5 Å². The third kappa shape index (κ3) is 3.21. The molecule has 0 atom stereocenters. The van der Waals surface area contributed by atoms with Crippen LogP contribution >= 0.6 is 27.5 Å². The Morgan fingerprint density at radius 2 is 1.72 bits per heavy atom. The van der Waals surface area contributed by atoms with E-state index >= 15 is 0 Å². The van der Waals surface area contributed by atoms with Crippen LogP contribution in [0.2, 0.25) is 0 Å². The zero-order valence-corrected chi connectivity index (χ0v) is 11.4. The number of hydrogen-bond acceptors (Lipinski definition) is 1.